The fraction of sp³-hybridized carbons (Fsp3) is 0.909. The van der Waals surface area contributed by atoms with Crippen molar-refractivity contribution in [1.29, 1.82) is 0 Å². The fourth-order valence-corrected chi connectivity index (χ4v) is 1.37. The van der Waals surface area contributed by atoms with Crippen molar-refractivity contribution in [2.24, 2.45) is 0 Å². The third-order valence-corrected chi connectivity index (χ3v) is 2.36. The summed E-state index contributed by atoms with van der Waals surface area (Å²) in [4.78, 5) is 10.7. The molecule has 0 aliphatic carbocycles. The molecule has 0 unspecified atom stereocenters. The number of aliphatic hydroxyl groups excluding tert-OH is 2. The molecule has 0 saturated carbocycles. The van der Waals surface area contributed by atoms with Gasteiger partial charge < -0.3 is 14.9 Å². The number of unbranched alkanes of at least 4 members (excludes halogenated alkanes) is 4. The van der Waals surface area contributed by atoms with E-state index in [0.717, 1.165) is 32.1 Å². The second-order valence-electron chi connectivity index (χ2n) is 3.72. The normalized spacial score (nSPS) is 12.5. The molecule has 1 atom stereocenters. The predicted octanol–water partition coefficient (Wildman–Crippen LogP) is 1.24. The van der Waals surface area contributed by atoms with Crippen molar-refractivity contribution in [2.45, 2.75) is 51.0 Å². The van der Waals surface area contributed by atoms with Crippen molar-refractivity contribution in [1.82, 2.24) is 0 Å². The zero-order chi connectivity index (χ0) is 11.5. The van der Waals surface area contributed by atoms with Crippen LogP contribution in [0.4, 0.5) is 0 Å². The molecule has 0 fully saturated rings. The Morgan fingerprint density at radius 2 is 1.80 bits per heavy atom. The summed E-state index contributed by atoms with van der Waals surface area (Å²) in [6.07, 6.45) is 5.51. The third kappa shape index (κ3) is 9.69. The van der Waals surface area contributed by atoms with Crippen LogP contribution in [0.15, 0.2) is 0 Å². The number of aliphatic hydroxyl groups is 2. The van der Waals surface area contributed by atoms with Crippen LogP contribution in [-0.4, -0.2) is 36.0 Å². The fourth-order valence-electron chi connectivity index (χ4n) is 1.37. The van der Waals surface area contributed by atoms with Gasteiger partial charge in [-0.05, 0) is 12.8 Å². The van der Waals surface area contributed by atoms with Gasteiger partial charge in [-0.15, -0.1) is 0 Å². The van der Waals surface area contributed by atoms with E-state index in [1.165, 1.54) is 7.11 Å². The summed E-state index contributed by atoms with van der Waals surface area (Å²) >= 11 is 0. The van der Waals surface area contributed by atoms with E-state index in [1.807, 2.05) is 0 Å². The molecule has 0 aliphatic heterocycles. The highest BCUT2D eigenvalue weighted by Gasteiger charge is 2.01. The van der Waals surface area contributed by atoms with E-state index in [9.17, 15) is 4.79 Å². The summed E-state index contributed by atoms with van der Waals surface area (Å²) in [5.41, 5.74) is 0. The Bertz CT molecular complexity index is 159. The first-order chi connectivity index (χ1) is 7.20. The van der Waals surface area contributed by atoms with Gasteiger partial charge in [0.25, 0.3) is 0 Å². The first-order valence-electron chi connectivity index (χ1n) is 5.56. The lowest BCUT2D eigenvalue weighted by atomic mass is 10.1. The molecule has 0 rings (SSSR count). The van der Waals surface area contributed by atoms with Crippen LogP contribution in [0.2, 0.25) is 0 Å². The zero-order valence-electron chi connectivity index (χ0n) is 9.45. The average Bonchev–Trinajstić information content (AvgIpc) is 2.26. The van der Waals surface area contributed by atoms with Gasteiger partial charge in [0.05, 0.1) is 19.8 Å². The van der Waals surface area contributed by atoms with E-state index in [1.54, 1.807) is 0 Å². The molecule has 0 bridgehead atoms. The summed E-state index contributed by atoms with van der Waals surface area (Å²) in [7, 11) is 1.40. The molecular weight excluding hydrogens is 196 g/mol. The first kappa shape index (κ1) is 14.4. The monoisotopic (exact) mass is 218 g/mol. The Balaban J connectivity index is 3.08. The molecule has 90 valence electrons. The zero-order valence-corrected chi connectivity index (χ0v) is 9.45. The van der Waals surface area contributed by atoms with Gasteiger partial charge in [-0.25, -0.2) is 0 Å². The van der Waals surface area contributed by atoms with Crippen molar-refractivity contribution < 1.29 is 19.7 Å². The molecule has 0 amide bonds. The molecule has 0 aromatic rings. The van der Waals surface area contributed by atoms with Crippen molar-refractivity contribution in [2.75, 3.05) is 13.7 Å². The molecule has 0 saturated heterocycles. The van der Waals surface area contributed by atoms with Crippen LogP contribution in [0.25, 0.3) is 0 Å². The summed E-state index contributed by atoms with van der Waals surface area (Å²) in [5.74, 6) is -0.147. The van der Waals surface area contributed by atoms with E-state index in [2.05, 4.69) is 4.74 Å². The van der Waals surface area contributed by atoms with E-state index in [-0.39, 0.29) is 12.6 Å². The van der Waals surface area contributed by atoms with Crippen LogP contribution in [0.3, 0.4) is 0 Å². The van der Waals surface area contributed by atoms with E-state index in [0.29, 0.717) is 12.8 Å². The van der Waals surface area contributed by atoms with Crippen molar-refractivity contribution in [3.63, 3.8) is 0 Å². The molecule has 4 nitrogen and oxygen atoms in total. The van der Waals surface area contributed by atoms with Gasteiger partial charge in [-0.1, -0.05) is 25.7 Å². The second-order valence-corrected chi connectivity index (χ2v) is 3.72. The maximum atomic E-state index is 10.7. The Morgan fingerprint density at radius 1 is 1.20 bits per heavy atom. The highest BCUT2D eigenvalue weighted by molar-refractivity contribution is 5.68. The highest BCUT2D eigenvalue weighted by Crippen LogP contribution is 2.08. The van der Waals surface area contributed by atoms with E-state index < -0.39 is 6.10 Å². The number of rotatable bonds is 9. The number of ether oxygens (including phenoxy) is 1. The number of esters is 1. The van der Waals surface area contributed by atoms with E-state index in [4.69, 9.17) is 10.2 Å². The van der Waals surface area contributed by atoms with Crippen molar-refractivity contribution >= 4 is 5.97 Å². The van der Waals surface area contributed by atoms with E-state index >= 15 is 0 Å². The molecule has 0 aromatic carbocycles. The number of hydrogen-bond acceptors (Lipinski definition) is 4. The molecule has 0 heterocycles. The van der Waals surface area contributed by atoms with Crippen LogP contribution in [0.5, 0.6) is 0 Å². The van der Waals surface area contributed by atoms with Crippen LogP contribution < -0.4 is 0 Å². The molecule has 0 radical (unpaired) electrons. The maximum Gasteiger partial charge on any atom is 0.305 e. The molecule has 0 aromatic heterocycles. The van der Waals surface area contributed by atoms with Crippen LogP contribution in [0, 0.1) is 0 Å². The van der Waals surface area contributed by atoms with Gasteiger partial charge in [0.15, 0.2) is 0 Å². The topological polar surface area (TPSA) is 66.8 Å². The Hall–Kier alpha value is -0.610. The summed E-state index contributed by atoms with van der Waals surface area (Å²) in [6, 6.07) is 0. The first-order valence-corrected chi connectivity index (χ1v) is 5.56. The molecule has 0 spiro atoms. The lowest BCUT2D eigenvalue weighted by molar-refractivity contribution is -0.140. The van der Waals surface area contributed by atoms with Gasteiger partial charge in [0.2, 0.25) is 0 Å². The summed E-state index contributed by atoms with van der Waals surface area (Å²) in [5, 5.41) is 17.6. The number of methoxy groups -OCH3 is 1. The molecule has 4 heteroatoms. The van der Waals surface area contributed by atoms with Crippen molar-refractivity contribution in [3.05, 3.63) is 0 Å². The predicted molar refractivity (Wildman–Crippen MR) is 57.4 cm³/mol. The second kappa shape index (κ2) is 9.93. The SMILES string of the molecule is COC(=O)CCCCCCC[C@H](O)CO. The molecule has 0 aliphatic rings. The minimum absolute atomic E-state index is 0.147. The molecule has 15 heavy (non-hydrogen) atoms. The lowest BCUT2D eigenvalue weighted by Crippen LogP contribution is -2.10. The summed E-state index contributed by atoms with van der Waals surface area (Å²) in [6.45, 7) is -0.150. The summed E-state index contributed by atoms with van der Waals surface area (Å²) < 4.78 is 4.52. The van der Waals surface area contributed by atoms with Crippen LogP contribution >= 0.6 is 0 Å². The van der Waals surface area contributed by atoms with Gasteiger partial charge >= 0.3 is 5.97 Å². The Kier molecular flexibility index (Phi) is 9.52. The number of carbonyl (C=O) groups is 1. The number of hydrogen-bond donors (Lipinski definition) is 2. The van der Waals surface area contributed by atoms with Gasteiger partial charge in [0, 0.05) is 6.42 Å². The molecule has 2 N–H and O–H groups in total. The molecular formula is C11H22O4. The van der Waals surface area contributed by atoms with Crippen LogP contribution in [-0.2, 0) is 9.53 Å². The lowest BCUT2D eigenvalue weighted by Gasteiger charge is -2.05. The third-order valence-electron chi connectivity index (χ3n) is 2.36. The minimum Gasteiger partial charge on any atom is -0.469 e. The van der Waals surface area contributed by atoms with Crippen LogP contribution in [0.1, 0.15) is 44.9 Å². The maximum absolute atomic E-state index is 10.7. The quantitative estimate of drug-likeness (QED) is 0.451. The average molecular weight is 218 g/mol. The Labute approximate surface area is 91.3 Å². The Morgan fingerprint density at radius 3 is 2.40 bits per heavy atom. The van der Waals surface area contributed by atoms with Crippen molar-refractivity contribution in [3.8, 4) is 0 Å². The minimum atomic E-state index is -0.569. The van der Waals surface area contributed by atoms with Gasteiger partial charge in [-0.2, -0.15) is 0 Å². The van der Waals surface area contributed by atoms with Gasteiger partial charge in [-0.3, -0.25) is 4.79 Å². The standard InChI is InChI=1S/C11H22O4/c1-15-11(14)8-6-4-2-3-5-7-10(13)9-12/h10,12-13H,2-9H2,1H3/t10-/m0/s1. The van der Waals surface area contributed by atoms with Gasteiger partial charge in [0.1, 0.15) is 0 Å². The smallest absolute Gasteiger partial charge is 0.305 e. The largest absolute Gasteiger partial charge is 0.469 e. The number of carbonyl (C=O) groups excluding carboxylic acids is 1. The highest BCUT2D eigenvalue weighted by atomic mass is 16.5.